The third-order valence-corrected chi connectivity index (χ3v) is 3.90. The van der Waals surface area contributed by atoms with Gasteiger partial charge in [-0.05, 0) is 43.9 Å². The van der Waals surface area contributed by atoms with Gasteiger partial charge in [-0.2, -0.15) is 0 Å². The summed E-state index contributed by atoms with van der Waals surface area (Å²) in [4.78, 5) is 12.2. The van der Waals surface area contributed by atoms with E-state index in [1.165, 1.54) is 0 Å². The molecule has 104 valence electrons. The number of para-hydroxylation sites is 1. The standard InChI is InChI=1S/C15H22N2O2/c1-3-11-7-8-16-13(9-11)15(19)17-12-6-4-5-10(2)14(12)18/h4-6,11,13,16,18H,3,7-9H2,1-2H3,(H,17,19). The van der Waals surface area contributed by atoms with Crippen molar-refractivity contribution in [2.45, 2.75) is 39.2 Å². The molecule has 0 radical (unpaired) electrons. The fourth-order valence-corrected chi connectivity index (χ4v) is 2.55. The Morgan fingerprint density at radius 2 is 2.32 bits per heavy atom. The number of nitrogens with one attached hydrogen (secondary N) is 2. The summed E-state index contributed by atoms with van der Waals surface area (Å²) in [7, 11) is 0. The van der Waals surface area contributed by atoms with Crippen LogP contribution in [0.25, 0.3) is 0 Å². The Bertz CT molecular complexity index is 459. The van der Waals surface area contributed by atoms with Gasteiger partial charge in [-0.1, -0.05) is 25.5 Å². The van der Waals surface area contributed by atoms with Crippen molar-refractivity contribution < 1.29 is 9.90 Å². The minimum absolute atomic E-state index is 0.0564. The lowest BCUT2D eigenvalue weighted by molar-refractivity contribution is -0.119. The van der Waals surface area contributed by atoms with Crippen LogP contribution in [0.2, 0.25) is 0 Å². The molecule has 0 spiro atoms. The van der Waals surface area contributed by atoms with E-state index in [9.17, 15) is 9.90 Å². The molecule has 2 rings (SSSR count). The first-order chi connectivity index (χ1) is 9.11. The first-order valence-corrected chi connectivity index (χ1v) is 6.94. The molecule has 1 aromatic carbocycles. The van der Waals surface area contributed by atoms with Crippen LogP contribution in [0.3, 0.4) is 0 Å². The predicted molar refractivity (Wildman–Crippen MR) is 76.3 cm³/mol. The molecule has 4 heteroatoms. The van der Waals surface area contributed by atoms with E-state index >= 15 is 0 Å². The zero-order valence-corrected chi connectivity index (χ0v) is 11.6. The zero-order valence-electron chi connectivity index (χ0n) is 11.6. The fraction of sp³-hybridized carbons (Fsp3) is 0.533. The maximum Gasteiger partial charge on any atom is 0.241 e. The first kappa shape index (κ1) is 13.9. The number of amides is 1. The monoisotopic (exact) mass is 262 g/mol. The van der Waals surface area contributed by atoms with Gasteiger partial charge in [0.2, 0.25) is 5.91 Å². The third-order valence-electron chi connectivity index (χ3n) is 3.90. The number of rotatable bonds is 3. The van der Waals surface area contributed by atoms with Gasteiger partial charge < -0.3 is 15.7 Å². The molecule has 1 fully saturated rings. The van der Waals surface area contributed by atoms with Crippen molar-refractivity contribution in [3.8, 4) is 5.75 Å². The van der Waals surface area contributed by atoms with Crippen molar-refractivity contribution in [3.05, 3.63) is 23.8 Å². The molecule has 19 heavy (non-hydrogen) atoms. The number of hydrogen-bond donors (Lipinski definition) is 3. The molecule has 1 aromatic rings. The second-order valence-electron chi connectivity index (χ2n) is 5.27. The van der Waals surface area contributed by atoms with E-state index < -0.39 is 0 Å². The lowest BCUT2D eigenvalue weighted by Crippen LogP contribution is -2.46. The van der Waals surface area contributed by atoms with Crippen LogP contribution in [0.15, 0.2) is 18.2 Å². The lowest BCUT2D eigenvalue weighted by atomic mass is 9.90. The average Bonchev–Trinajstić information content (AvgIpc) is 2.44. The summed E-state index contributed by atoms with van der Waals surface area (Å²) in [5, 5.41) is 16.0. The van der Waals surface area contributed by atoms with Gasteiger partial charge in [-0.25, -0.2) is 0 Å². The molecule has 1 aliphatic rings. The van der Waals surface area contributed by atoms with Crippen molar-refractivity contribution in [2.24, 2.45) is 5.92 Å². The summed E-state index contributed by atoms with van der Waals surface area (Å²) in [6, 6.07) is 5.21. The Labute approximate surface area is 114 Å². The van der Waals surface area contributed by atoms with Gasteiger partial charge >= 0.3 is 0 Å². The average molecular weight is 262 g/mol. The molecule has 1 amide bonds. The molecule has 1 saturated heterocycles. The summed E-state index contributed by atoms with van der Waals surface area (Å²) in [5.41, 5.74) is 1.26. The summed E-state index contributed by atoms with van der Waals surface area (Å²) in [6.07, 6.45) is 3.12. The molecular weight excluding hydrogens is 240 g/mol. The summed E-state index contributed by atoms with van der Waals surface area (Å²) in [5.74, 6) is 0.709. The largest absolute Gasteiger partial charge is 0.505 e. The van der Waals surface area contributed by atoms with Crippen molar-refractivity contribution in [1.29, 1.82) is 0 Å². The summed E-state index contributed by atoms with van der Waals surface area (Å²) >= 11 is 0. The van der Waals surface area contributed by atoms with Crippen molar-refractivity contribution in [3.63, 3.8) is 0 Å². The first-order valence-electron chi connectivity index (χ1n) is 6.94. The highest BCUT2D eigenvalue weighted by atomic mass is 16.3. The molecule has 0 saturated carbocycles. The van der Waals surface area contributed by atoms with E-state index in [0.717, 1.165) is 31.4 Å². The van der Waals surface area contributed by atoms with Gasteiger partial charge in [0.05, 0.1) is 11.7 Å². The highest BCUT2D eigenvalue weighted by molar-refractivity contribution is 5.96. The van der Waals surface area contributed by atoms with Gasteiger partial charge in [0, 0.05) is 0 Å². The summed E-state index contributed by atoms with van der Waals surface area (Å²) < 4.78 is 0. The van der Waals surface area contributed by atoms with E-state index in [0.29, 0.717) is 11.6 Å². The van der Waals surface area contributed by atoms with Crippen molar-refractivity contribution in [2.75, 3.05) is 11.9 Å². The maximum absolute atomic E-state index is 12.2. The number of aromatic hydroxyl groups is 1. The van der Waals surface area contributed by atoms with E-state index in [4.69, 9.17) is 0 Å². The van der Waals surface area contributed by atoms with Gasteiger partial charge in [-0.15, -0.1) is 0 Å². The second-order valence-corrected chi connectivity index (χ2v) is 5.27. The smallest absolute Gasteiger partial charge is 0.241 e. The van der Waals surface area contributed by atoms with Crippen molar-refractivity contribution in [1.82, 2.24) is 5.32 Å². The van der Waals surface area contributed by atoms with Crippen molar-refractivity contribution >= 4 is 11.6 Å². The number of phenols is 1. The minimum Gasteiger partial charge on any atom is -0.505 e. The third kappa shape index (κ3) is 3.26. The minimum atomic E-state index is -0.154. The van der Waals surface area contributed by atoms with Crippen LogP contribution in [0, 0.1) is 12.8 Å². The van der Waals surface area contributed by atoms with Crippen LogP contribution >= 0.6 is 0 Å². The second kappa shape index (κ2) is 6.06. The Morgan fingerprint density at radius 3 is 3.05 bits per heavy atom. The molecule has 3 N–H and O–H groups in total. The van der Waals surface area contributed by atoms with Crippen LogP contribution < -0.4 is 10.6 Å². The van der Waals surface area contributed by atoms with E-state index in [2.05, 4.69) is 17.6 Å². The Hall–Kier alpha value is -1.55. The SMILES string of the molecule is CCC1CCNC(C(=O)Nc2cccc(C)c2O)C1. The topological polar surface area (TPSA) is 61.4 Å². The highest BCUT2D eigenvalue weighted by Crippen LogP contribution is 2.27. The van der Waals surface area contributed by atoms with E-state index in [1.807, 2.05) is 19.1 Å². The van der Waals surface area contributed by atoms with Crippen LogP contribution in [0.1, 0.15) is 31.7 Å². The van der Waals surface area contributed by atoms with Crippen LogP contribution in [-0.4, -0.2) is 23.6 Å². The molecule has 2 unspecified atom stereocenters. The molecule has 2 atom stereocenters. The van der Waals surface area contributed by atoms with Crippen LogP contribution in [0.4, 0.5) is 5.69 Å². The van der Waals surface area contributed by atoms with Gasteiger partial charge in [0.25, 0.3) is 0 Å². The van der Waals surface area contributed by atoms with Gasteiger partial charge in [0.1, 0.15) is 5.75 Å². The number of piperidine rings is 1. The Morgan fingerprint density at radius 1 is 1.53 bits per heavy atom. The van der Waals surface area contributed by atoms with Crippen LogP contribution in [-0.2, 0) is 4.79 Å². The maximum atomic E-state index is 12.2. The number of carbonyl (C=O) groups excluding carboxylic acids is 1. The molecule has 1 heterocycles. The number of hydrogen-bond acceptors (Lipinski definition) is 3. The molecule has 0 aromatic heterocycles. The predicted octanol–water partition coefficient (Wildman–Crippen LogP) is 2.42. The zero-order chi connectivity index (χ0) is 13.8. The van der Waals surface area contributed by atoms with E-state index in [-0.39, 0.29) is 17.7 Å². The number of benzene rings is 1. The molecular formula is C15H22N2O2. The lowest BCUT2D eigenvalue weighted by Gasteiger charge is -2.28. The normalized spacial score (nSPS) is 23.1. The molecule has 0 aliphatic carbocycles. The van der Waals surface area contributed by atoms with Crippen LogP contribution in [0.5, 0.6) is 5.75 Å². The number of phenolic OH excluding ortho intramolecular Hbond substituents is 1. The number of anilines is 1. The van der Waals surface area contributed by atoms with Gasteiger partial charge in [0.15, 0.2) is 0 Å². The Balaban J connectivity index is 2.02. The molecule has 1 aliphatic heterocycles. The van der Waals surface area contributed by atoms with E-state index in [1.54, 1.807) is 6.07 Å². The highest BCUT2D eigenvalue weighted by Gasteiger charge is 2.26. The number of carbonyl (C=O) groups is 1. The summed E-state index contributed by atoms with van der Waals surface area (Å²) in [6.45, 7) is 4.87. The molecule has 4 nitrogen and oxygen atoms in total. The Kier molecular flexibility index (Phi) is 4.43. The molecule has 0 bridgehead atoms. The number of aryl methyl sites for hydroxylation is 1. The fourth-order valence-electron chi connectivity index (χ4n) is 2.55. The van der Waals surface area contributed by atoms with Gasteiger partial charge in [-0.3, -0.25) is 4.79 Å². The quantitative estimate of drug-likeness (QED) is 0.733.